The Morgan fingerprint density at radius 2 is 2.14 bits per heavy atom. The average Bonchev–Trinajstić information content (AvgIpc) is 1.98. The highest BCUT2D eigenvalue weighted by atomic mass is 32.2. The van der Waals surface area contributed by atoms with Gasteiger partial charge in [0.05, 0.1) is 0 Å². The molecule has 82 valence electrons. The van der Waals surface area contributed by atoms with E-state index in [2.05, 4.69) is 10.3 Å². The molecule has 0 unspecified atom stereocenters. The van der Waals surface area contributed by atoms with Crippen LogP contribution < -0.4 is 5.32 Å². The van der Waals surface area contributed by atoms with Crippen molar-refractivity contribution in [1.82, 2.24) is 5.32 Å². The minimum atomic E-state index is -4.21. The van der Waals surface area contributed by atoms with Gasteiger partial charge in [-0.05, 0) is 20.3 Å². The van der Waals surface area contributed by atoms with E-state index in [1.54, 1.807) is 0 Å². The Kier molecular flexibility index (Phi) is 3.34. The summed E-state index contributed by atoms with van der Waals surface area (Å²) in [5, 5.41) is 3.38. The molecule has 0 aliphatic carbocycles. The van der Waals surface area contributed by atoms with Crippen LogP contribution in [0.2, 0.25) is 0 Å². The van der Waals surface area contributed by atoms with E-state index >= 15 is 0 Å². The molecule has 2 nitrogen and oxygen atoms in total. The van der Waals surface area contributed by atoms with Crippen molar-refractivity contribution in [2.75, 3.05) is 12.3 Å². The van der Waals surface area contributed by atoms with Crippen molar-refractivity contribution in [3.8, 4) is 0 Å². The first-order valence-corrected chi connectivity index (χ1v) is 5.29. The zero-order valence-corrected chi connectivity index (χ0v) is 8.93. The number of nitrogens with one attached hydrogen (secondary N) is 1. The number of nitrogens with zero attached hydrogens (tertiary/aromatic N) is 1. The molecular formula is C8H13F3N2S. The fraction of sp³-hybridized carbons (Fsp3) is 0.875. The van der Waals surface area contributed by atoms with Crippen molar-refractivity contribution in [3.05, 3.63) is 0 Å². The first-order chi connectivity index (χ1) is 6.29. The number of hydrogen-bond acceptors (Lipinski definition) is 2. The number of amidine groups is 1. The summed E-state index contributed by atoms with van der Waals surface area (Å²) in [6, 6.07) is 0. The maximum absolute atomic E-state index is 11.9. The van der Waals surface area contributed by atoms with Crippen LogP contribution in [0, 0.1) is 0 Å². The molecule has 1 aliphatic rings. The fourth-order valence-corrected chi connectivity index (χ4v) is 2.35. The maximum Gasteiger partial charge on any atom is 0.408 e. The molecular weight excluding hydrogens is 213 g/mol. The number of aliphatic imine (C=N–C) groups is 1. The van der Waals surface area contributed by atoms with Gasteiger partial charge in [0, 0.05) is 11.3 Å². The van der Waals surface area contributed by atoms with Gasteiger partial charge >= 0.3 is 6.18 Å². The van der Waals surface area contributed by atoms with Crippen molar-refractivity contribution in [1.29, 1.82) is 0 Å². The molecule has 0 aromatic carbocycles. The van der Waals surface area contributed by atoms with Crippen LogP contribution in [-0.4, -0.2) is 29.2 Å². The summed E-state index contributed by atoms with van der Waals surface area (Å²) < 4.78 is 35.6. The second-order valence-corrected chi connectivity index (χ2v) is 4.93. The molecule has 0 radical (unpaired) electrons. The van der Waals surface area contributed by atoms with Crippen LogP contribution in [0.25, 0.3) is 0 Å². The molecule has 1 aliphatic heterocycles. The highest BCUT2D eigenvalue weighted by Crippen LogP contribution is 2.22. The molecule has 14 heavy (non-hydrogen) atoms. The molecule has 6 heteroatoms. The monoisotopic (exact) mass is 226 g/mol. The van der Waals surface area contributed by atoms with Crippen LogP contribution in [0.15, 0.2) is 4.99 Å². The smallest absolute Gasteiger partial charge is 0.360 e. The van der Waals surface area contributed by atoms with Gasteiger partial charge in [-0.15, -0.1) is 0 Å². The summed E-state index contributed by atoms with van der Waals surface area (Å²) >= 11 is 1.35. The zero-order chi connectivity index (χ0) is 10.8. The summed E-state index contributed by atoms with van der Waals surface area (Å²) in [5.41, 5.74) is -0.143. The van der Waals surface area contributed by atoms with E-state index in [0.717, 1.165) is 12.2 Å². The Bertz CT molecular complexity index is 235. The van der Waals surface area contributed by atoms with Crippen molar-refractivity contribution in [3.63, 3.8) is 0 Å². The normalized spacial score (nSPS) is 24.8. The summed E-state index contributed by atoms with van der Waals surface area (Å²) in [5.74, 6) is 0.816. The van der Waals surface area contributed by atoms with Crippen molar-refractivity contribution in [2.24, 2.45) is 4.99 Å². The molecule has 0 spiro atoms. The van der Waals surface area contributed by atoms with Gasteiger partial charge in [-0.2, -0.15) is 13.2 Å². The Hall–Kier alpha value is -0.390. The molecule has 1 rings (SSSR count). The fourth-order valence-electron chi connectivity index (χ4n) is 1.04. The van der Waals surface area contributed by atoms with Crippen molar-refractivity contribution >= 4 is 16.9 Å². The van der Waals surface area contributed by atoms with Crippen LogP contribution in [0.5, 0.6) is 0 Å². The molecule has 1 fully saturated rings. The van der Waals surface area contributed by atoms with Crippen LogP contribution in [-0.2, 0) is 0 Å². The SMILES string of the molecule is CC1(C)CCSC(=NCC(F)(F)F)N1. The highest BCUT2D eigenvalue weighted by molar-refractivity contribution is 8.13. The third-order valence-electron chi connectivity index (χ3n) is 1.81. The van der Waals surface area contributed by atoms with Gasteiger partial charge in [-0.1, -0.05) is 11.8 Å². The van der Waals surface area contributed by atoms with E-state index in [1.807, 2.05) is 13.8 Å². The summed E-state index contributed by atoms with van der Waals surface area (Å²) in [4.78, 5) is 3.49. The first kappa shape index (κ1) is 11.7. The Balaban J connectivity index is 2.52. The molecule has 1 saturated heterocycles. The number of alkyl halides is 3. The van der Waals surface area contributed by atoms with Crippen molar-refractivity contribution in [2.45, 2.75) is 32.0 Å². The largest absolute Gasteiger partial charge is 0.408 e. The van der Waals surface area contributed by atoms with E-state index in [0.29, 0.717) is 5.17 Å². The molecule has 0 aromatic heterocycles. The Morgan fingerprint density at radius 3 is 2.64 bits per heavy atom. The third kappa shape index (κ3) is 4.21. The van der Waals surface area contributed by atoms with E-state index < -0.39 is 12.7 Å². The molecule has 0 saturated carbocycles. The minimum absolute atomic E-state index is 0.143. The van der Waals surface area contributed by atoms with E-state index in [9.17, 15) is 13.2 Å². The number of thioether (sulfide) groups is 1. The maximum atomic E-state index is 11.9. The predicted octanol–water partition coefficient (Wildman–Crippen LogP) is 2.41. The van der Waals surface area contributed by atoms with Gasteiger partial charge in [-0.3, -0.25) is 4.99 Å². The van der Waals surface area contributed by atoms with Crippen LogP contribution in [0.3, 0.4) is 0 Å². The lowest BCUT2D eigenvalue weighted by molar-refractivity contribution is -0.118. The molecule has 0 atom stereocenters. The van der Waals surface area contributed by atoms with E-state index in [1.165, 1.54) is 11.8 Å². The zero-order valence-electron chi connectivity index (χ0n) is 8.11. The second kappa shape index (κ2) is 4.00. The molecule has 0 aromatic rings. The van der Waals surface area contributed by atoms with Gasteiger partial charge in [0.2, 0.25) is 0 Å². The lowest BCUT2D eigenvalue weighted by Gasteiger charge is -2.32. The first-order valence-electron chi connectivity index (χ1n) is 4.31. The molecule has 1 heterocycles. The predicted molar refractivity (Wildman–Crippen MR) is 52.6 cm³/mol. The summed E-state index contributed by atoms with van der Waals surface area (Å²) in [6.07, 6.45) is -3.28. The van der Waals surface area contributed by atoms with Crippen LogP contribution >= 0.6 is 11.8 Å². The lowest BCUT2D eigenvalue weighted by atomic mass is 10.0. The Labute approximate surface area is 85.4 Å². The quantitative estimate of drug-likeness (QED) is 0.742. The number of rotatable bonds is 1. The average molecular weight is 226 g/mol. The lowest BCUT2D eigenvalue weighted by Crippen LogP contribution is -2.46. The van der Waals surface area contributed by atoms with Crippen LogP contribution in [0.1, 0.15) is 20.3 Å². The summed E-state index contributed by atoms with van der Waals surface area (Å²) in [6.45, 7) is 2.81. The molecule has 0 bridgehead atoms. The standard InChI is InChI=1S/C8H13F3N2S/c1-7(2)3-4-14-6(13-7)12-5-8(9,10)11/h3-5H2,1-2H3,(H,12,13). The molecule has 1 N–H and O–H groups in total. The van der Waals surface area contributed by atoms with Gasteiger partial charge in [0.1, 0.15) is 6.54 Å². The van der Waals surface area contributed by atoms with Gasteiger partial charge in [0.15, 0.2) is 5.17 Å². The number of halogens is 3. The second-order valence-electron chi connectivity index (χ2n) is 3.84. The number of hydrogen-bond donors (Lipinski definition) is 1. The minimum Gasteiger partial charge on any atom is -0.360 e. The topological polar surface area (TPSA) is 24.4 Å². The Morgan fingerprint density at radius 1 is 1.50 bits per heavy atom. The molecule has 0 amide bonds. The summed E-state index contributed by atoms with van der Waals surface area (Å²) in [7, 11) is 0. The van der Waals surface area contributed by atoms with E-state index in [-0.39, 0.29) is 5.54 Å². The van der Waals surface area contributed by atoms with Gasteiger partial charge in [-0.25, -0.2) is 0 Å². The van der Waals surface area contributed by atoms with Crippen molar-refractivity contribution < 1.29 is 13.2 Å². The highest BCUT2D eigenvalue weighted by Gasteiger charge is 2.29. The van der Waals surface area contributed by atoms with E-state index in [4.69, 9.17) is 0 Å². The van der Waals surface area contributed by atoms with Gasteiger partial charge < -0.3 is 5.32 Å². The van der Waals surface area contributed by atoms with Gasteiger partial charge in [0.25, 0.3) is 0 Å². The van der Waals surface area contributed by atoms with Crippen LogP contribution in [0.4, 0.5) is 13.2 Å². The third-order valence-corrected chi connectivity index (χ3v) is 2.73.